The van der Waals surface area contributed by atoms with Gasteiger partial charge in [0.15, 0.2) is 6.61 Å². The predicted octanol–water partition coefficient (Wildman–Crippen LogP) is 0.455. The van der Waals surface area contributed by atoms with E-state index < -0.39 is 16.0 Å². The summed E-state index contributed by atoms with van der Waals surface area (Å²) >= 11 is 1.18. The highest BCUT2D eigenvalue weighted by molar-refractivity contribution is 7.91. The third-order valence-corrected chi connectivity index (χ3v) is 7.12. The number of ether oxygens (including phenoxy) is 2. The Balaban J connectivity index is 1.76. The summed E-state index contributed by atoms with van der Waals surface area (Å²) in [6.45, 7) is 0.930. The number of methoxy groups -OCH3 is 1. The van der Waals surface area contributed by atoms with Crippen molar-refractivity contribution >= 4 is 33.2 Å². The van der Waals surface area contributed by atoms with Crippen LogP contribution in [0.1, 0.15) is 12.8 Å². The van der Waals surface area contributed by atoms with Crippen molar-refractivity contribution in [2.24, 2.45) is 5.92 Å². The summed E-state index contributed by atoms with van der Waals surface area (Å²) in [6, 6.07) is 3.27. The molecule has 25 heavy (non-hydrogen) atoms. The van der Waals surface area contributed by atoms with E-state index in [-0.39, 0.29) is 31.5 Å². The quantitative estimate of drug-likeness (QED) is 0.511. The van der Waals surface area contributed by atoms with E-state index in [0.29, 0.717) is 30.2 Å². The van der Waals surface area contributed by atoms with Crippen LogP contribution >= 0.6 is 11.3 Å². The summed E-state index contributed by atoms with van der Waals surface area (Å²) in [7, 11) is -1.96. The second-order valence-electron chi connectivity index (χ2n) is 5.56. The number of esters is 1. The van der Waals surface area contributed by atoms with E-state index in [1.807, 2.05) is 0 Å². The molecule has 0 spiro atoms. The number of thiophene rings is 1. The molecule has 0 bridgehead atoms. The molecule has 0 radical (unpaired) electrons. The third kappa shape index (κ3) is 5.50. The Hall–Kier alpha value is -1.49. The van der Waals surface area contributed by atoms with E-state index in [1.54, 1.807) is 17.5 Å². The molecule has 2 heterocycles. The number of piperidine rings is 1. The fourth-order valence-corrected chi connectivity index (χ4v) is 5.08. The van der Waals surface area contributed by atoms with Crippen LogP contribution in [-0.2, 0) is 29.1 Å². The molecule has 10 heteroatoms. The Labute approximate surface area is 151 Å². The summed E-state index contributed by atoms with van der Waals surface area (Å²) in [4.78, 5) is 23.5. The molecule has 1 N–H and O–H groups in total. The topological polar surface area (TPSA) is 102 Å². The van der Waals surface area contributed by atoms with Gasteiger partial charge in [-0.3, -0.25) is 9.59 Å². The molecule has 1 aliphatic heterocycles. The Morgan fingerprint density at radius 3 is 2.68 bits per heavy atom. The molecular weight excluding hydrogens is 368 g/mol. The van der Waals surface area contributed by atoms with Gasteiger partial charge in [0.25, 0.3) is 15.9 Å². The average Bonchev–Trinajstić information content (AvgIpc) is 3.15. The Kier molecular flexibility index (Phi) is 7.36. The Morgan fingerprint density at radius 1 is 1.36 bits per heavy atom. The number of sulfonamides is 1. The lowest BCUT2D eigenvalue weighted by molar-refractivity contribution is -0.153. The second kappa shape index (κ2) is 9.27. The number of carbonyl (C=O) groups is 2. The second-order valence-corrected chi connectivity index (χ2v) is 8.67. The molecule has 1 saturated heterocycles. The molecule has 0 aromatic carbocycles. The minimum absolute atomic E-state index is 0.264. The number of nitrogens with one attached hydrogen (secondary N) is 1. The monoisotopic (exact) mass is 390 g/mol. The highest BCUT2D eigenvalue weighted by atomic mass is 32.2. The van der Waals surface area contributed by atoms with Gasteiger partial charge in [0, 0.05) is 26.7 Å². The van der Waals surface area contributed by atoms with E-state index in [1.165, 1.54) is 22.8 Å². The van der Waals surface area contributed by atoms with Gasteiger partial charge in [0.1, 0.15) is 4.21 Å². The van der Waals surface area contributed by atoms with E-state index in [2.05, 4.69) is 5.32 Å². The molecule has 0 aliphatic carbocycles. The van der Waals surface area contributed by atoms with Crippen LogP contribution in [0.15, 0.2) is 21.7 Å². The molecule has 140 valence electrons. The lowest BCUT2D eigenvalue weighted by atomic mass is 9.98. The third-order valence-electron chi connectivity index (χ3n) is 3.85. The first-order chi connectivity index (χ1) is 11.9. The van der Waals surface area contributed by atoms with Crippen LogP contribution in [0.3, 0.4) is 0 Å². The molecule has 1 fully saturated rings. The van der Waals surface area contributed by atoms with E-state index in [9.17, 15) is 18.0 Å². The number of hydrogen-bond acceptors (Lipinski definition) is 7. The SMILES string of the molecule is COCCNC(=O)COC(=O)C1CCN(S(=O)(=O)c2cccs2)CC1. The molecular formula is C15H22N2O6S2. The van der Waals surface area contributed by atoms with Crippen LogP contribution in [0, 0.1) is 5.92 Å². The van der Waals surface area contributed by atoms with Crippen LogP contribution in [-0.4, -0.2) is 64.6 Å². The van der Waals surface area contributed by atoms with Gasteiger partial charge in [-0.25, -0.2) is 8.42 Å². The molecule has 1 aromatic rings. The summed E-state index contributed by atoms with van der Waals surface area (Å²) < 4.78 is 36.4. The number of amides is 1. The van der Waals surface area contributed by atoms with Crippen LogP contribution in [0.25, 0.3) is 0 Å². The van der Waals surface area contributed by atoms with Crippen LogP contribution in [0.2, 0.25) is 0 Å². The highest BCUT2D eigenvalue weighted by Gasteiger charge is 2.33. The maximum atomic E-state index is 12.4. The minimum Gasteiger partial charge on any atom is -0.455 e. The van der Waals surface area contributed by atoms with Crippen molar-refractivity contribution in [3.63, 3.8) is 0 Å². The van der Waals surface area contributed by atoms with Crippen LogP contribution in [0.4, 0.5) is 0 Å². The fourth-order valence-electron chi connectivity index (χ4n) is 2.47. The fraction of sp³-hybridized carbons (Fsp3) is 0.600. The first-order valence-corrected chi connectivity index (χ1v) is 10.2. The van der Waals surface area contributed by atoms with Gasteiger partial charge in [0.2, 0.25) is 0 Å². The van der Waals surface area contributed by atoms with Gasteiger partial charge in [-0.2, -0.15) is 4.31 Å². The number of nitrogens with zero attached hydrogens (tertiary/aromatic N) is 1. The zero-order valence-electron chi connectivity index (χ0n) is 14.0. The minimum atomic E-state index is -3.48. The smallest absolute Gasteiger partial charge is 0.309 e. The predicted molar refractivity (Wildman–Crippen MR) is 91.6 cm³/mol. The Morgan fingerprint density at radius 2 is 2.08 bits per heavy atom. The molecule has 0 unspecified atom stereocenters. The van der Waals surface area contributed by atoms with Crippen LogP contribution in [0.5, 0.6) is 0 Å². The van der Waals surface area contributed by atoms with Gasteiger partial charge in [-0.15, -0.1) is 11.3 Å². The van der Waals surface area contributed by atoms with E-state index in [0.717, 1.165) is 0 Å². The normalized spacial score (nSPS) is 16.5. The van der Waals surface area contributed by atoms with Crippen LogP contribution < -0.4 is 5.32 Å². The summed E-state index contributed by atoms with van der Waals surface area (Å²) in [5, 5.41) is 4.27. The molecule has 1 aliphatic rings. The maximum absolute atomic E-state index is 12.4. The average molecular weight is 390 g/mol. The lowest BCUT2D eigenvalue weighted by Crippen LogP contribution is -2.41. The van der Waals surface area contributed by atoms with E-state index in [4.69, 9.17) is 9.47 Å². The van der Waals surface area contributed by atoms with Crippen molar-refractivity contribution in [2.45, 2.75) is 17.1 Å². The Bertz CT molecular complexity index is 666. The zero-order valence-corrected chi connectivity index (χ0v) is 15.6. The van der Waals surface area contributed by atoms with Crippen molar-refractivity contribution in [2.75, 3.05) is 40.0 Å². The lowest BCUT2D eigenvalue weighted by Gasteiger charge is -2.29. The molecule has 0 saturated carbocycles. The molecule has 2 rings (SSSR count). The molecule has 1 aromatic heterocycles. The van der Waals surface area contributed by atoms with Gasteiger partial charge < -0.3 is 14.8 Å². The summed E-state index contributed by atoms with van der Waals surface area (Å²) in [5.74, 6) is -1.24. The molecule has 1 amide bonds. The molecule has 0 atom stereocenters. The van der Waals surface area contributed by atoms with Crippen molar-refractivity contribution in [3.05, 3.63) is 17.5 Å². The highest BCUT2D eigenvalue weighted by Crippen LogP contribution is 2.26. The largest absolute Gasteiger partial charge is 0.455 e. The van der Waals surface area contributed by atoms with Gasteiger partial charge in [0.05, 0.1) is 12.5 Å². The summed E-state index contributed by atoms with van der Waals surface area (Å²) in [6.07, 6.45) is 0.767. The van der Waals surface area contributed by atoms with Crippen molar-refractivity contribution in [3.8, 4) is 0 Å². The summed E-state index contributed by atoms with van der Waals surface area (Å²) in [5.41, 5.74) is 0. The number of carbonyl (C=O) groups excluding carboxylic acids is 2. The van der Waals surface area contributed by atoms with Gasteiger partial charge in [-0.05, 0) is 24.3 Å². The number of hydrogen-bond donors (Lipinski definition) is 1. The van der Waals surface area contributed by atoms with Crippen molar-refractivity contribution < 1.29 is 27.5 Å². The van der Waals surface area contributed by atoms with Crippen molar-refractivity contribution in [1.29, 1.82) is 0 Å². The first-order valence-electron chi connectivity index (χ1n) is 7.91. The maximum Gasteiger partial charge on any atom is 0.309 e. The first kappa shape index (κ1) is 19.8. The van der Waals surface area contributed by atoms with Crippen molar-refractivity contribution in [1.82, 2.24) is 9.62 Å². The van der Waals surface area contributed by atoms with Gasteiger partial charge >= 0.3 is 5.97 Å². The number of rotatable bonds is 8. The standard InChI is InChI=1S/C15H22N2O6S2/c1-22-9-6-16-13(18)11-23-15(19)12-4-7-17(8-5-12)25(20,21)14-3-2-10-24-14/h2-3,10,12H,4-9,11H2,1H3,(H,16,18). The molecule has 8 nitrogen and oxygen atoms in total. The zero-order chi connectivity index (χ0) is 18.3. The van der Waals surface area contributed by atoms with E-state index >= 15 is 0 Å². The van der Waals surface area contributed by atoms with Gasteiger partial charge in [-0.1, -0.05) is 6.07 Å².